The third-order valence-corrected chi connectivity index (χ3v) is 6.35. The first-order chi connectivity index (χ1) is 15.0. The van der Waals surface area contributed by atoms with Crippen molar-refractivity contribution in [3.8, 4) is 0 Å². The molecule has 170 valence electrons. The molecule has 4 rings (SSSR count). The molecule has 1 aromatic rings. The van der Waals surface area contributed by atoms with Gasteiger partial charge in [0.2, 0.25) is 0 Å². The van der Waals surface area contributed by atoms with Crippen LogP contribution in [0.3, 0.4) is 0 Å². The van der Waals surface area contributed by atoms with Crippen LogP contribution in [-0.2, 0) is 14.2 Å². The molecule has 3 fully saturated rings. The van der Waals surface area contributed by atoms with Crippen LogP contribution in [0.25, 0.3) is 0 Å². The molecule has 8 nitrogen and oxygen atoms in total. The van der Waals surface area contributed by atoms with Crippen molar-refractivity contribution in [1.82, 2.24) is 10.6 Å². The van der Waals surface area contributed by atoms with Crippen LogP contribution >= 0.6 is 0 Å². The Morgan fingerprint density at radius 2 is 1.68 bits per heavy atom. The quantitative estimate of drug-likeness (QED) is 0.663. The van der Waals surface area contributed by atoms with Crippen molar-refractivity contribution in [3.63, 3.8) is 0 Å². The first kappa shape index (κ1) is 21.9. The monoisotopic (exact) mass is 431 g/mol. The zero-order valence-corrected chi connectivity index (χ0v) is 18.3. The smallest absolute Gasteiger partial charge is 0.412 e. The second-order valence-corrected chi connectivity index (χ2v) is 9.00. The highest BCUT2D eigenvalue weighted by Crippen LogP contribution is 2.29. The molecule has 0 radical (unpaired) electrons. The molecule has 1 aromatic carbocycles. The Balaban J connectivity index is 1.24. The summed E-state index contributed by atoms with van der Waals surface area (Å²) >= 11 is 0. The number of carbonyl (C=O) groups is 2. The van der Waals surface area contributed by atoms with Gasteiger partial charge in [0.1, 0.15) is 12.2 Å². The summed E-state index contributed by atoms with van der Waals surface area (Å²) in [5, 5.41) is 8.77. The second-order valence-electron chi connectivity index (χ2n) is 9.00. The largest absolute Gasteiger partial charge is 0.441 e. The first-order valence-corrected chi connectivity index (χ1v) is 11.4. The van der Waals surface area contributed by atoms with E-state index in [0.29, 0.717) is 18.2 Å². The van der Waals surface area contributed by atoms with E-state index in [1.807, 2.05) is 24.3 Å². The first-order valence-electron chi connectivity index (χ1n) is 11.4. The van der Waals surface area contributed by atoms with Gasteiger partial charge in [-0.1, -0.05) is 45.2 Å². The van der Waals surface area contributed by atoms with E-state index in [9.17, 15) is 9.59 Å². The molecule has 1 aliphatic carbocycles. The molecule has 31 heavy (non-hydrogen) atoms. The zero-order chi connectivity index (χ0) is 21.8. The van der Waals surface area contributed by atoms with Crippen LogP contribution in [0.4, 0.5) is 15.3 Å². The van der Waals surface area contributed by atoms with Crippen LogP contribution < -0.4 is 16.0 Å². The highest BCUT2D eigenvalue weighted by molar-refractivity contribution is 5.84. The molecule has 2 aliphatic heterocycles. The lowest BCUT2D eigenvalue weighted by Crippen LogP contribution is -2.51. The number of ether oxygens (including phenoxy) is 3. The topological polar surface area (TPSA) is 97.9 Å². The lowest BCUT2D eigenvalue weighted by molar-refractivity contribution is 0.00871. The van der Waals surface area contributed by atoms with Crippen LogP contribution in [0.2, 0.25) is 0 Å². The van der Waals surface area contributed by atoms with Crippen LogP contribution in [0.15, 0.2) is 24.3 Å². The summed E-state index contributed by atoms with van der Waals surface area (Å²) in [6.07, 6.45) is 3.88. The van der Waals surface area contributed by atoms with Crippen molar-refractivity contribution in [2.24, 2.45) is 0 Å². The minimum atomic E-state index is -0.540. The summed E-state index contributed by atoms with van der Waals surface area (Å²) in [5.41, 5.74) is 1.88. The van der Waals surface area contributed by atoms with Gasteiger partial charge in [-0.15, -0.1) is 0 Å². The maximum atomic E-state index is 12.4. The number of rotatable bonds is 5. The Morgan fingerprint density at radius 3 is 2.39 bits per heavy atom. The van der Waals surface area contributed by atoms with Crippen molar-refractivity contribution < 1.29 is 23.8 Å². The number of nitrogens with one attached hydrogen (secondary N) is 3. The van der Waals surface area contributed by atoms with Crippen molar-refractivity contribution in [2.45, 2.75) is 82.3 Å². The van der Waals surface area contributed by atoms with Gasteiger partial charge in [0, 0.05) is 11.7 Å². The van der Waals surface area contributed by atoms with Crippen molar-refractivity contribution in [1.29, 1.82) is 0 Å². The summed E-state index contributed by atoms with van der Waals surface area (Å²) in [6.45, 7) is 4.83. The number of benzene rings is 1. The van der Waals surface area contributed by atoms with Crippen molar-refractivity contribution in [2.75, 3.05) is 18.5 Å². The predicted octanol–water partition coefficient (Wildman–Crippen LogP) is 3.53. The number of hydrogen-bond donors (Lipinski definition) is 3. The lowest BCUT2D eigenvalue weighted by Gasteiger charge is -2.24. The Hall–Kier alpha value is -2.32. The Labute approximate surface area is 183 Å². The summed E-state index contributed by atoms with van der Waals surface area (Å²) in [6, 6.07) is 7.51. The van der Waals surface area contributed by atoms with E-state index in [2.05, 4.69) is 29.8 Å². The van der Waals surface area contributed by atoms with Gasteiger partial charge >= 0.3 is 12.1 Å². The van der Waals surface area contributed by atoms with E-state index in [1.54, 1.807) is 0 Å². The van der Waals surface area contributed by atoms with Gasteiger partial charge in [-0.3, -0.25) is 5.32 Å². The molecule has 0 spiro atoms. The fourth-order valence-electron chi connectivity index (χ4n) is 4.57. The maximum absolute atomic E-state index is 12.4. The highest BCUT2D eigenvalue weighted by Gasteiger charge is 2.50. The van der Waals surface area contributed by atoms with E-state index in [4.69, 9.17) is 14.2 Å². The van der Waals surface area contributed by atoms with E-state index < -0.39 is 12.2 Å². The normalized spacial score (nSPS) is 28.2. The van der Waals surface area contributed by atoms with Crippen LogP contribution in [0, 0.1) is 0 Å². The zero-order valence-electron chi connectivity index (χ0n) is 18.3. The molecule has 1 saturated carbocycles. The fraction of sp³-hybridized carbons (Fsp3) is 0.652. The van der Waals surface area contributed by atoms with Crippen LogP contribution in [0.5, 0.6) is 0 Å². The van der Waals surface area contributed by atoms with Crippen molar-refractivity contribution in [3.05, 3.63) is 29.8 Å². The predicted molar refractivity (Wildman–Crippen MR) is 116 cm³/mol. The van der Waals surface area contributed by atoms with Gasteiger partial charge in [-0.2, -0.15) is 0 Å². The molecule has 0 aromatic heterocycles. The molecular formula is C23H33N3O5. The fourth-order valence-corrected chi connectivity index (χ4v) is 4.57. The van der Waals surface area contributed by atoms with Gasteiger partial charge in [0.05, 0.1) is 19.3 Å². The van der Waals surface area contributed by atoms with Gasteiger partial charge in [-0.25, -0.2) is 9.59 Å². The van der Waals surface area contributed by atoms with Crippen molar-refractivity contribution >= 4 is 17.8 Å². The van der Waals surface area contributed by atoms with Gasteiger partial charge in [0.15, 0.2) is 6.10 Å². The molecule has 2 saturated heterocycles. The number of urea groups is 1. The Bertz CT molecular complexity index is 763. The minimum Gasteiger partial charge on any atom is -0.441 e. The van der Waals surface area contributed by atoms with Gasteiger partial charge < -0.3 is 24.8 Å². The molecule has 2 heterocycles. The highest BCUT2D eigenvalue weighted by atomic mass is 16.6. The maximum Gasteiger partial charge on any atom is 0.412 e. The van der Waals surface area contributed by atoms with E-state index in [1.165, 1.54) is 12.0 Å². The third-order valence-electron chi connectivity index (χ3n) is 6.35. The average Bonchev–Trinajstić information content (AvgIpc) is 3.32. The van der Waals surface area contributed by atoms with Crippen LogP contribution in [-0.4, -0.2) is 55.7 Å². The molecule has 3 N–H and O–H groups in total. The second kappa shape index (κ2) is 9.87. The lowest BCUT2D eigenvalue weighted by atomic mass is 9.96. The van der Waals surface area contributed by atoms with E-state index >= 15 is 0 Å². The van der Waals surface area contributed by atoms with E-state index in [-0.39, 0.29) is 36.9 Å². The van der Waals surface area contributed by atoms with Gasteiger partial charge in [-0.05, 0) is 36.5 Å². The standard InChI is InChI=1S/C23H33N3O5/c1-14(2)15-8-10-17(11-9-15)25-23(28)31-19-13-30-20-18(12-29-21(19)20)26-22(27)24-16-6-4-3-5-7-16/h8-11,14,16,18-21H,3-7,12-13H2,1-2H3,(H,25,28)(H2,24,26,27)/t18-,19+,20+,21+/m0/s1. The summed E-state index contributed by atoms with van der Waals surface area (Å²) in [7, 11) is 0. The Morgan fingerprint density at radius 1 is 0.968 bits per heavy atom. The van der Waals surface area contributed by atoms with E-state index in [0.717, 1.165) is 25.7 Å². The number of amides is 3. The number of hydrogen-bond acceptors (Lipinski definition) is 5. The molecule has 0 bridgehead atoms. The SMILES string of the molecule is CC(C)c1ccc(NC(=O)O[C@@H]2CO[C@H]3[C@@H]2OC[C@@H]3NC(=O)NC2CCCCC2)cc1. The molecule has 4 atom stereocenters. The van der Waals surface area contributed by atoms with Gasteiger partial charge in [0.25, 0.3) is 0 Å². The Kier molecular flexibility index (Phi) is 6.97. The average molecular weight is 432 g/mol. The summed E-state index contributed by atoms with van der Waals surface area (Å²) in [4.78, 5) is 24.7. The molecule has 3 aliphatic rings. The molecule has 8 heteroatoms. The summed E-state index contributed by atoms with van der Waals surface area (Å²) < 4.78 is 17.2. The number of anilines is 1. The minimum absolute atomic E-state index is 0.184. The van der Waals surface area contributed by atoms with Crippen LogP contribution in [0.1, 0.15) is 57.4 Å². The summed E-state index contributed by atoms with van der Waals surface area (Å²) in [5.74, 6) is 0.430. The molecular weight excluding hydrogens is 398 g/mol. The third kappa shape index (κ3) is 5.49. The number of carbonyl (C=O) groups excluding carboxylic acids is 2. The molecule has 0 unspecified atom stereocenters. The molecule has 3 amide bonds. The number of fused-ring (bicyclic) bond motifs is 1.